The third kappa shape index (κ3) is 3.25. The molecule has 0 saturated carbocycles. The Hall–Kier alpha value is -2.42. The highest BCUT2D eigenvalue weighted by molar-refractivity contribution is 8.15. The van der Waals surface area contributed by atoms with Gasteiger partial charge in [-0.15, -0.1) is 0 Å². The van der Waals surface area contributed by atoms with E-state index in [9.17, 15) is 18.8 Å². The Kier molecular flexibility index (Phi) is 4.52. The first-order valence-corrected chi connectivity index (χ1v) is 8.20. The Labute approximate surface area is 141 Å². The number of amidine groups is 1. The summed E-state index contributed by atoms with van der Waals surface area (Å²) in [6.07, 6.45) is -0.0794. The van der Waals surface area contributed by atoms with E-state index in [1.54, 1.807) is 4.90 Å². The van der Waals surface area contributed by atoms with Crippen LogP contribution in [0.5, 0.6) is 0 Å². The Balaban J connectivity index is 1.65. The number of hydrogen-bond donors (Lipinski definition) is 2. The first-order chi connectivity index (χ1) is 11.5. The topological polar surface area (TPSA) is 105 Å². The molecule has 0 radical (unpaired) electrons. The summed E-state index contributed by atoms with van der Waals surface area (Å²) in [5.74, 6) is -1.84. The number of rotatable bonds is 5. The van der Waals surface area contributed by atoms with Gasteiger partial charge in [0.1, 0.15) is 17.1 Å². The van der Waals surface area contributed by atoms with Crippen molar-refractivity contribution < 1.29 is 18.8 Å². The number of hydrogen-bond acceptors (Lipinski definition) is 5. The molecule has 9 heteroatoms. The van der Waals surface area contributed by atoms with Crippen LogP contribution >= 0.6 is 11.8 Å². The number of fused-ring (bicyclic) bond motifs is 1. The van der Waals surface area contributed by atoms with Crippen molar-refractivity contribution in [3.63, 3.8) is 0 Å². The monoisotopic (exact) mass is 350 g/mol. The molecule has 0 aliphatic carbocycles. The predicted octanol–water partition coefficient (Wildman–Crippen LogP) is 0.172. The lowest BCUT2D eigenvalue weighted by molar-refractivity contribution is -0.130. The van der Waals surface area contributed by atoms with Crippen molar-refractivity contribution in [2.75, 3.05) is 13.1 Å². The zero-order chi connectivity index (χ0) is 17.3. The van der Waals surface area contributed by atoms with Crippen LogP contribution in [-0.2, 0) is 14.4 Å². The van der Waals surface area contributed by atoms with E-state index in [1.165, 1.54) is 36.0 Å². The summed E-state index contributed by atoms with van der Waals surface area (Å²) in [7, 11) is 0. The van der Waals surface area contributed by atoms with Crippen LogP contribution in [0.4, 0.5) is 4.39 Å². The van der Waals surface area contributed by atoms with Gasteiger partial charge in [-0.2, -0.15) is 0 Å². The minimum Gasteiger partial charge on any atom is -0.368 e. The Bertz CT molecular complexity index is 722. The maximum Gasteiger partial charge on any atom is 0.244 e. The van der Waals surface area contributed by atoms with Gasteiger partial charge in [0.25, 0.3) is 0 Å². The number of benzene rings is 1. The van der Waals surface area contributed by atoms with Crippen molar-refractivity contribution in [2.24, 2.45) is 10.7 Å². The molecule has 3 N–H and O–H groups in total. The highest BCUT2D eigenvalue weighted by Gasteiger charge is 2.41. The van der Waals surface area contributed by atoms with Crippen LogP contribution in [0.1, 0.15) is 18.0 Å². The van der Waals surface area contributed by atoms with Crippen molar-refractivity contribution in [1.29, 1.82) is 0 Å². The Morgan fingerprint density at radius 2 is 2.12 bits per heavy atom. The summed E-state index contributed by atoms with van der Waals surface area (Å²) in [5.41, 5.74) is 5.70. The van der Waals surface area contributed by atoms with Crippen LogP contribution in [-0.4, -0.2) is 46.1 Å². The number of thioether (sulfide) groups is 1. The number of primary amides is 1. The van der Waals surface area contributed by atoms with E-state index in [0.29, 0.717) is 23.8 Å². The molecule has 2 aliphatic heterocycles. The molecule has 2 heterocycles. The zero-order valence-corrected chi connectivity index (χ0v) is 13.4. The number of halogens is 1. The van der Waals surface area contributed by atoms with E-state index < -0.39 is 28.9 Å². The smallest absolute Gasteiger partial charge is 0.244 e. The van der Waals surface area contributed by atoms with E-state index in [1.807, 2.05) is 0 Å². The predicted molar refractivity (Wildman–Crippen MR) is 86.5 cm³/mol. The molecule has 2 aliphatic rings. The molecule has 1 fully saturated rings. The van der Waals surface area contributed by atoms with Gasteiger partial charge in [0.15, 0.2) is 5.17 Å². The number of carbonyl (C=O) groups excluding carboxylic acids is 3. The normalized spacial score (nSPS) is 20.5. The van der Waals surface area contributed by atoms with Gasteiger partial charge in [-0.3, -0.25) is 24.3 Å². The van der Waals surface area contributed by atoms with Gasteiger partial charge in [0.05, 0.1) is 6.54 Å². The Morgan fingerprint density at radius 3 is 2.75 bits per heavy atom. The summed E-state index contributed by atoms with van der Waals surface area (Å²) < 4.78 is 13.0. The van der Waals surface area contributed by atoms with Crippen LogP contribution in [0.15, 0.2) is 29.3 Å². The van der Waals surface area contributed by atoms with Gasteiger partial charge in [-0.05, 0) is 17.7 Å². The average molecular weight is 350 g/mol. The van der Waals surface area contributed by atoms with Crippen LogP contribution in [0.3, 0.4) is 0 Å². The summed E-state index contributed by atoms with van der Waals surface area (Å²) in [4.78, 5) is 41.7. The lowest BCUT2D eigenvalue weighted by Crippen LogP contribution is -2.39. The lowest BCUT2D eigenvalue weighted by Gasteiger charge is -2.17. The second-order valence-corrected chi connectivity index (χ2v) is 6.59. The van der Waals surface area contributed by atoms with E-state index in [0.717, 1.165) is 0 Å². The second kappa shape index (κ2) is 6.60. The fraction of sp³-hybridized carbons (Fsp3) is 0.333. The molecule has 0 spiro atoms. The lowest BCUT2D eigenvalue weighted by atomic mass is 10.1. The molecule has 24 heavy (non-hydrogen) atoms. The number of nitrogens with zero attached hydrogens (tertiary/aromatic N) is 2. The van der Waals surface area contributed by atoms with Gasteiger partial charge in [-0.25, -0.2) is 4.39 Å². The molecular formula is C15H15FN4O3S. The summed E-state index contributed by atoms with van der Waals surface area (Å²) >= 11 is 1.25. The maximum absolute atomic E-state index is 13.0. The molecule has 0 aromatic heterocycles. The third-order valence-corrected chi connectivity index (χ3v) is 4.97. The fourth-order valence-corrected chi connectivity index (χ4v) is 3.77. The molecule has 7 nitrogen and oxygen atoms in total. The fourth-order valence-electron chi connectivity index (χ4n) is 2.57. The zero-order valence-electron chi connectivity index (χ0n) is 12.6. The molecule has 3 amide bonds. The van der Waals surface area contributed by atoms with E-state index in [-0.39, 0.29) is 12.3 Å². The summed E-state index contributed by atoms with van der Waals surface area (Å²) in [5, 5.41) is 2.60. The van der Waals surface area contributed by atoms with Crippen LogP contribution in [0, 0.1) is 5.82 Å². The van der Waals surface area contributed by atoms with Crippen molar-refractivity contribution in [1.82, 2.24) is 10.2 Å². The molecule has 1 saturated heterocycles. The molecular weight excluding hydrogens is 335 g/mol. The largest absolute Gasteiger partial charge is 0.368 e. The first-order valence-electron chi connectivity index (χ1n) is 7.32. The minimum absolute atomic E-state index is 0.0794. The van der Waals surface area contributed by atoms with Gasteiger partial charge in [0.2, 0.25) is 17.7 Å². The molecule has 2 unspecified atom stereocenters. The van der Waals surface area contributed by atoms with Gasteiger partial charge >= 0.3 is 0 Å². The highest BCUT2D eigenvalue weighted by Crippen LogP contribution is 2.31. The van der Waals surface area contributed by atoms with Crippen LogP contribution in [0.25, 0.3) is 0 Å². The molecule has 1 aromatic rings. The molecule has 3 rings (SSSR count). The number of amides is 3. The van der Waals surface area contributed by atoms with Crippen molar-refractivity contribution in [2.45, 2.75) is 17.7 Å². The quantitative estimate of drug-likeness (QED) is 0.790. The highest BCUT2D eigenvalue weighted by atomic mass is 32.2. The van der Waals surface area contributed by atoms with Gasteiger partial charge in [0, 0.05) is 13.0 Å². The second-order valence-electron chi connectivity index (χ2n) is 5.42. The van der Waals surface area contributed by atoms with Crippen molar-refractivity contribution >= 4 is 34.7 Å². The van der Waals surface area contributed by atoms with E-state index in [4.69, 9.17) is 5.73 Å². The van der Waals surface area contributed by atoms with Crippen molar-refractivity contribution in [3.05, 3.63) is 35.6 Å². The number of nitrogens with two attached hydrogens (primary N) is 1. The molecule has 2 atom stereocenters. The first kappa shape index (κ1) is 16.4. The standard InChI is InChI=1S/C15H15FN4O3S/c16-9-3-1-8(2-4-9)12(13(17)22)19-11(21)7-10-14(23)20-6-5-18-15(20)24-10/h1-4,10,12H,5-7H2,(H2,17,22)(H,19,21). The summed E-state index contributed by atoms with van der Waals surface area (Å²) in [6, 6.07) is 4.05. The molecule has 1 aromatic carbocycles. The third-order valence-electron chi connectivity index (χ3n) is 3.75. The number of carbonyl (C=O) groups is 3. The molecule has 0 bridgehead atoms. The van der Waals surface area contributed by atoms with E-state index in [2.05, 4.69) is 10.3 Å². The van der Waals surface area contributed by atoms with Crippen molar-refractivity contribution in [3.8, 4) is 0 Å². The average Bonchev–Trinajstić information content (AvgIpc) is 3.10. The summed E-state index contributed by atoms with van der Waals surface area (Å²) in [6.45, 7) is 1.13. The SMILES string of the molecule is NC(=O)C(NC(=O)CC1SC2=NCCN2C1=O)c1ccc(F)cc1. The number of aliphatic imine (C=N–C) groups is 1. The van der Waals surface area contributed by atoms with Gasteiger partial charge in [-0.1, -0.05) is 23.9 Å². The Morgan fingerprint density at radius 1 is 1.42 bits per heavy atom. The maximum atomic E-state index is 13.0. The van der Waals surface area contributed by atoms with Crippen LogP contribution in [0.2, 0.25) is 0 Å². The minimum atomic E-state index is -1.07. The van der Waals surface area contributed by atoms with E-state index >= 15 is 0 Å². The van der Waals surface area contributed by atoms with Gasteiger partial charge < -0.3 is 11.1 Å². The number of nitrogens with one attached hydrogen (secondary N) is 1. The molecule has 126 valence electrons. The van der Waals surface area contributed by atoms with Crippen LogP contribution < -0.4 is 11.1 Å².